The van der Waals surface area contributed by atoms with E-state index < -0.39 is 17.3 Å². The predicted molar refractivity (Wildman–Crippen MR) is 117 cm³/mol. The second-order valence-corrected chi connectivity index (χ2v) is 8.12. The number of aldehydes is 1. The zero-order valence-corrected chi connectivity index (χ0v) is 17.2. The number of hydrogen-bond donors (Lipinski definition) is 2. The number of nitrogen functional groups attached to an aromatic ring is 1. The van der Waals surface area contributed by atoms with E-state index in [1.54, 1.807) is 0 Å². The van der Waals surface area contributed by atoms with E-state index in [1.165, 1.54) is 11.3 Å². The number of nitrogens with one attached hydrogen (secondary N) is 1. The highest BCUT2D eigenvalue weighted by Crippen LogP contribution is 2.43. The fourth-order valence-corrected chi connectivity index (χ4v) is 4.45. The molecule has 1 aromatic heterocycles. The minimum Gasteiger partial charge on any atom is -0.394 e. The van der Waals surface area contributed by atoms with Crippen LogP contribution in [0.2, 0.25) is 0 Å². The molecule has 0 atom stereocenters. The number of likely N-dealkylation sites (N-methyl/N-ethyl adjacent to an activating group) is 1. The average molecular weight is 429 g/mol. The van der Waals surface area contributed by atoms with E-state index in [1.807, 2.05) is 37.4 Å². The minimum absolute atomic E-state index is 0.0172. The molecule has 3 aromatic rings. The fourth-order valence-electron chi connectivity index (χ4n) is 3.38. The van der Waals surface area contributed by atoms with Crippen LogP contribution in [0.3, 0.4) is 0 Å². The number of nitrogens with two attached hydrogens (primary N) is 1. The predicted octanol–water partition coefficient (Wildman–Crippen LogP) is 3.98. The van der Waals surface area contributed by atoms with Crippen LogP contribution in [0.15, 0.2) is 36.4 Å². The maximum atomic E-state index is 15.0. The van der Waals surface area contributed by atoms with E-state index in [2.05, 4.69) is 15.1 Å². The van der Waals surface area contributed by atoms with E-state index in [0.717, 1.165) is 24.8 Å². The highest BCUT2D eigenvalue weighted by molar-refractivity contribution is 7.19. The zero-order valence-electron chi connectivity index (χ0n) is 16.4. The monoisotopic (exact) mass is 429 g/mol. The van der Waals surface area contributed by atoms with Crippen molar-refractivity contribution in [3.8, 4) is 10.4 Å². The first-order chi connectivity index (χ1) is 14.5. The molecular weight excluding hydrogens is 408 g/mol. The lowest BCUT2D eigenvalue weighted by molar-refractivity contribution is 0.112. The molecule has 0 spiro atoms. The standard InChI is InChI=1S/C21H21F2N5OS/c1-27-7-9-28(10-8-27)20-19(16-13(12-29)11-15(22)18(24)17(16)23)30-21(26-20)25-14-5-3-2-4-6-14/h2-6,11-12H,7-10,24H2,1H3,(H,25,26). The number of halogens is 2. The van der Waals surface area contributed by atoms with E-state index in [0.29, 0.717) is 35.2 Å². The number of benzene rings is 2. The molecule has 9 heteroatoms. The third kappa shape index (κ3) is 3.86. The van der Waals surface area contributed by atoms with Gasteiger partial charge in [0.05, 0.1) is 4.88 Å². The maximum absolute atomic E-state index is 15.0. The molecule has 2 aromatic carbocycles. The first kappa shape index (κ1) is 20.2. The van der Waals surface area contributed by atoms with Crippen LogP contribution in [0.1, 0.15) is 10.4 Å². The summed E-state index contributed by atoms with van der Waals surface area (Å²) in [7, 11) is 2.03. The summed E-state index contributed by atoms with van der Waals surface area (Å²) in [6, 6.07) is 10.4. The Morgan fingerprint density at radius 3 is 2.53 bits per heavy atom. The number of carbonyl (C=O) groups excluding carboxylic acids is 1. The lowest BCUT2D eigenvalue weighted by Crippen LogP contribution is -2.44. The topological polar surface area (TPSA) is 74.5 Å². The summed E-state index contributed by atoms with van der Waals surface area (Å²) < 4.78 is 29.0. The number of para-hydroxylation sites is 1. The van der Waals surface area contributed by atoms with Crippen LogP contribution in [0.25, 0.3) is 10.4 Å². The van der Waals surface area contributed by atoms with Gasteiger partial charge in [-0.2, -0.15) is 0 Å². The number of thiazole rings is 1. The van der Waals surface area contributed by atoms with Gasteiger partial charge in [0.25, 0.3) is 0 Å². The van der Waals surface area contributed by atoms with Crippen molar-refractivity contribution < 1.29 is 13.6 Å². The van der Waals surface area contributed by atoms with E-state index in [9.17, 15) is 9.18 Å². The van der Waals surface area contributed by atoms with Crippen LogP contribution in [0.5, 0.6) is 0 Å². The molecule has 0 saturated carbocycles. The Labute approximate surface area is 176 Å². The Bertz CT molecular complexity index is 1070. The largest absolute Gasteiger partial charge is 0.394 e. The van der Waals surface area contributed by atoms with Crippen LogP contribution in [0, 0.1) is 11.6 Å². The van der Waals surface area contributed by atoms with Crippen molar-refractivity contribution in [2.75, 3.05) is 49.2 Å². The van der Waals surface area contributed by atoms with Crippen LogP contribution in [-0.4, -0.2) is 49.4 Å². The molecule has 3 N–H and O–H groups in total. The number of anilines is 4. The zero-order chi connectivity index (χ0) is 21.3. The minimum atomic E-state index is -0.952. The van der Waals surface area contributed by atoms with Crippen LogP contribution >= 0.6 is 11.3 Å². The molecule has 1 saturated heterocycles. The van der Waals surface area contributed by atoms with Crippen LogP contribution in [-0.2, 0) is 0 Å². The lowest BCUT2D eigenvalue weighted by atomic mass is 10.0. The third-order valence-electron chi connectivity index (χ3n) is 5.08. The van der Waals surface area contributed by atoms with Gasteiger partial charge in [-0.25, -0.2) is 13.8 Å². The number of nitrogens with zero attached hydrogens (tertiary/aromatic N) is 3. The number of aromatic nitrogens is 1. The molecule has 0 radical (unpaired) electrons. The van der Waals surface area contributed by atoms with Crippen molar-refractivity contribution in [3.63, 3.8) is 0 Å². The van der Waals surface area contributed by atoms with Gasteiger partial charge in [-0.3, -0.25) is 4.79 Å². The summed E-state index contributed by atoms with van der Waals surface area (Å²) in [6.45, 7) is 3.05. The van der Waals surface area contributed by atoms with Gasteiger partial charge in [-0.05, 0) is 25.2 Å². The van der Waals surface area contributed by atoms with Crippen molar-refractivity contribution in [1.29, 1.82) is 0 Å². The summed E-state index contributed by atoms with van der Waals surface area (Å²) in [4.78, 5) is 21.0. The first-order valence-corrected chi connectivity index (χ1v) is 10.3. The number of rotatable bonds is 5. The molecule has 0 amide bonds. The highest BCUT2D eigenvalue weighted by Gasteiger charge is 2.27. The van der Waals surface area contributed by atoms with Gasteiger partial charge < -0.3 is 20.9 Å². The molecule has 6 nitrogen and oxygen atoms in total. The van der Waals surface area contributed by atoms with Gasteiger partial charge in [-0.15, -0.1) is 0 Å². The first-order valence-electron chi connectivity index (χ1n) is 9.47. The lowest BCUT2D eigenvalue weighted by Gasteiger charge is -2.33. The van der Waals surface area contributed by atoms with Crippen molar-refractivity contribution >= 4 is 39.9 Å². The Morgan fingerprint density at radius 2 is 1.87 bits per heavy atom. The molecule has 0 bridgehead atoms. The SMILES string of the molecule is CN1CCN(c2nc(Nc3ccccc3)sc2-c2c(C=O)cc(F)c(N)c2F)CC1. The smallest absolute Gasteiger partial charge is 0.189 e. The molecule has 2 heterocycles. The van der Waals surface area contributed by atoms with Gasteiger partial charge in [-0.1, -0.05) is 29.5 Å². The van der Waals surface area contributed by atoms with E-state index in [-0.39, 0.29) is 11.1 Å². The summed E-state index contributed by atoms with van der Waals surface area (Å²) in [5.41, 5.74) is 5.72. The summed E-state index contributed by atoms with van der Waals surface area (Å²) in [5, 5.41) is 3.77. The molecule has 1 aliphatic rings. The molecule has 1 fully saturated rings. The summed E-state index contributed by atoms with van der Waals surface area (Å²) >= 11 is 1.21. The molecule has 0 unspecified atom stereocenters. The Kier molecular flexibility index (Phi) is 5.65. The molecule has 156 valence electrons. The van der Waals surface area contributed by atoms with Crippen LogP contribution < -0.4 is 16.0 Å². The second kappa shape index (κ2) is 8.37. The quantitative estimate of drug-likeness (QED) is 0.472. The Balaban J connectivity index is 1.84. The van der Waals surface area contributed by atoms with E-state index in [4.69, 9.17) is 10.7 Å². The summed E-state index contributed by atoms with van der Waals surface area (Å²) in [5.74, 6) is -1.34. The van der Waals surface area contributed by atoms with Gasteiger partial charge in [0.15, 0.2) is 17.2 Å². The second-order valence-electron chi connectivity index (χ2n) is 7.12. The molecule has 4 rings (SSSR count). The third-order valence-corrected chi connectivity index (χ3v) is 6.05. The van der Waals surface area contributed by atoms with E-state index >= 15 is 4.39 Å². The van der Waals surface area contributed by atoms with Gasteiger partial charge in [0, 0.05) is 43.0 Å². The fraction of sp³-hybridized carbons (Fsp3) is 0.238. The van der Waals surface area contributed by atoms with Crippen molar-refractivity contribution in [2.45, 2.75) is 0 Å². The van der Waals surface area contributed by atoms with Crippen molar-refractivity contribution in [2.24, 2.45) is 0 Å². The van der Waals surface area contributed by atoms with Crippen LogP contribution in [0.4, 0.5) is 31.1 Å². The normalized spacial score (nSPS) is 14.7. The van der Waals surface area contributed by atoms with Gasteiger partial charge in [0.1, 0.15) is 17.3 Å². The van der Waals surface area contributed by atoms with Crippen molar-refractivity contribution in [3.05, 3.63) is 53.6 Å². The summed E-state index contributed by atoms with van der Waals surface area (Å²) in [6.07, 6.45) is 0.443. The Morgan fingerprint density at radius 1 is 1.17 bits per heavy atom. The molecule has 1 aliphatic heterocycles. The molecule has 30 heavy (non-hydrogen) atoms. The number of piperazine rings is 1. The molecular formula is C21H21F2N5OS. The van der Waals surface area contributed by atoms with Gasteiger partial charge >= 0.3 is 0 Å². The number of hydrogen-bond acceptors (Lipinski definition) is 7. The molecule has 0 aliphatic carbocycles. The Hall–Kier alpha value is -3.04. The van der Waals surface area contributed by atoms with Gasteiger partial charge in [0.2, 0.25) is 0 Å². The maximum Gasteiger partial charge on any atom is 0.189 e. The van der Waals surface area contributed by atoms with Crippen molar-refractivity contribution in [1.82, 2.24) is 9.88 Å². The number of carbonyl (C=O) groups is 1. The average Bonchev–Trinajstić information content (AvgIpc) is 3.16. The highest BCUT2D eigenvalue weighted by atomic mass is 32.1.